The van der Waals surface area contributed by atoms with Gasteiger partial charge in [0, 0.05) is 32.2 Å². The molecule has 1 aliphatic rings. The van der Waals surface area contributed by atoms with E-state index in [1.165, 1.54) is 42.7 Å². The van der Waals surface area contributed by atoms with Gasteiger partial charge in [-0.2, -0.15) is 0 Å². The number of carbonyl (C=O) groups excluding carboxylic acids is 1. The van der Waals surface area contributed by atoms with Crippen molar-refractivity contribution in [1.29, 1.82) is 0 Å². The Bertz CT molecular complexity index is 1460. The zero-order valence-electron chi connectivity index (χ0n) is 23.4. The number of thiazole rings is 1. The first-order chi connectivity index (χ1) is 19.6. The second-order valence-electron chi connectivity index (χ2n) is 10.1. The molecule has 0 bridgehead atoms. The normalized spacial score (nSPS) is 17.7. The van der Waals surface area contributed by atoms with Crippen molar-refractivity contribution in [3.05, 3.63) is 48.0 Å². The third-order valence-corrected chi connectivity index (χ3v) is 9.25. The number of likely N-dealkylation sites (N-methyl/N-ethyl adjacent to an activating group) is 1. The minimum absolute atomic E-state index is 0.0262. The van der Waals surface area contributed by atoms with Crippen LogP contribution in [-0.2, 0) is 24.2 Å². The van der Waals surface area contributed by atoms with Gasteiger partial charge in [-0.05, 0) is 63.7 Å². The molecular weight excluding hydrogens is 568 g/mol. The summed E-state index contributed by atoms with van der Waals surface area (Å²) in [5.74, 6) is 0.114. The molecule has 0 unspecified atom stereocenters. The molecule has 13 heteroatoms. The molecule has 11 nitrogen and oxygen atoms in total. The second kappa shape index (κ2) is 14.2. The fraction of sp³-hybridized carbons (Fsp3) is 0.464. The van der Waals surface area contributed by atoms with Gasteiger partial charge in [0.05, 0.1) is 27.0 Å². The molecule has 0 aliphatic heterocycles. The molecule has 2 aromatic carbocycles. The van der Waals surface area contributed by atoms with E-state index in [1.807, 2.05) is 37.2 Å². The van der Waals surface area contributed by atoms with E-state index in [0.717, 1.165) is 11.2 Å². The summed E-state index contributed by atoms with van der Waals surface area (Å²) in [6, 6.07) is 11.5. The van der Waals surface area contributed by atoms with E-state index in [1.54, 1.807) is 0 Å². The molecule has 2 N–H and O–H groups in total. The third-order valence-electron chi connectivity index (χ3n) is 6.50. The van der Waals surface area contributed by atoms with Crippen molar-refractivity contribution in [2.75, 3.05) is 52.0 Å². The first kappa shape index (κ1) is 30.8. The minimum Gasteiger partial charge on any atom is -0.492 e. The number of nitrogens with zero attached hydrogens (tertiary/aromatic N) is 3. The van der Waals surface area contributed by atoms with Crippen LogP contribution in [-0.4, -0.2) is 94.0 Å². The van der Waals surface area contributed by atoms with Crippen LogP contribution >= 0.6 is 11.3 Å². The first-order valence-corrected chi connectivity index (χ1v) is 15.8. The number of anilines is 1. The summed E-state index contributed by atoms with van der Waals surface area (Å²) in [7, 11) is 1.97. The average Bonchev–Trinajstić information content (AvgIpc) is 3.53. The summed E-state index contributed by atoms with van der Waals surface area (Å²) < 4.78 is 36.9. The van der Waals surface area contributed by atoms with Crippen molar-refractivity contribution < 1.29 is 32.6 Å². The van der Waals surface area contributed by atoms with E-state index >= 15 is 0 Å². The van der Waals surface area contributed by atoms with Crippen LogP contribution in [0, 0.1) is 0 Å². The molecule has 1 aliphatic carbocycles. The second-order valence-corrected chi connectivity index (χ2v) is 13.2. The fourth-order valence-electron chi connectivity index (χ4n) is 4.25. The van der Waals surface area contributed by atoms with Crippen LogP contribution in [0.2, 0.25) is 0 Å². The van der Waals surface area contributed by atoms with E-state index in [4.69, 9.17) is 14.3 Å². The van der Waals surface area contributed by atoms with Crippen LogP contribution in [0.1, 0.15) is 31.2 Å². The van der Waals surface area contributed by atoms with Gasteiger partial charge in [-0.1, -0.05) is 28.6 Å². The number of aromatic nitrogens is 1. The number of methoxy groups -OCH3 is 1. The fourth-order valence-corrected chi connectivity index (χ4v) is 6.42. The van der Waals surface area contributed by atoms with E-state index in [9.17, 15) is 18.3 Å². The Morgan fingerprint density at radius 1 is 1.17 bits per heavy atom. The maximum atomic E-state index is 13.4. The first-order valence-electron chi connectivity index (χ1n) is 13.4. The highest BCUT2D eigenvalue weighted by molar-refractivity contribution is 7.91. The lowest BCUT2D eigenvalue weighted by Crippen LogP contribution is -2.25. The minimum atomic E-state index is -3.50. The van der Waals surface area contributed by atoms with Crippen LogP contribution in [0.25, 0.3) is 10.2 Å². The molecule has 0 spiro atoms. The summed E-state index contributed by atoms with van der Waals surface area (Å²) >= 11 is 1.30. The van der Waals surface area contributed by atoms with Gasteiger partial charge < -0.3 is 24.3 Å². The van der Waals surface area contributed by atoms with Crippen molar-refractivity contribution in [3.63, 3.8) is 0 Å². The van der Waals surface area contributed by atoms with Crippen molar-refractivity contribution in [2.24, 2.45) is 5.16 Å². The lowest BCUT2D eigenvalue weighted by Gasteiger charge is -2.11. The molecule has 1 aromatic heterocycles. The predicted octanol–water partition coefficient (Wildman–Crippen LogP) is 3.32. The average molecular weight is 605 g/mol. The number of aliphatic hydroxyl groups excluding tert-OH is 1. The van der Waals surface area contributed by atoms with Crippen LogP contribution in [0.3, 0.4) is 0 Å². The molecule has 222 valence electrons. The van der Waals surface area contributed by atoms with Crippen LogP contribution in [0.4, 0.5) is 5.13 Å². The summed E-state index contributed by atoms with van der Waals surface area (Å²) in [6.07, 6.45) is 1.24. The molecule has 2 atom stereocenters. The van der Waals surface area contributed by atoms with Crippen molar-refractivity contribution in [1.82, 2.24) is 9.88 Å². The molecule has 1 fully saturated rings. The zero-order chi connectivity index (χ0) is 29.4. The number of benzene rings is 2. The number of fused-ring (bicyclic) bond motifs is 1. The molecule has 1 amide bonds. The Labute approximate surface area is 244 Å². The Kier molecular flexibility index (Phi) is 10.7. The summed E-state index contributed by atoms with van der Waals surface area (Å²) in [5, 5.41) is 17.2. The van der Waals surface area contributed by atoms with Crippen LogP contribution in [0.15, 0.2) is 52.5 Å². The number of ether oxygens (including phenoxy) is 2. The highest BCUT2D eigenvalue weighted by atomic mass is 32.2. The topological polar surface area (TPSA) is 140 Å². The number of nitrogens with one attached hydrogen (secondary N) is 1. The summed E-state index contributed by atoms with van der Waals surface area (Å²) in [5.41, 5.74) is 1.07. The number of amides is 1. The van der Waals surface area contributed by atoms with Gasteiger partial charge >= 0.3 is 0 Å². The number of sulfone groups is 1. The van der Waals surface area contributed by atoms with Crippen molar-refractivity contribution in [3.8, 4) is 5.75 Å². The molecule has 3 aromatic rings. The van der Waals surface area contributed by atoms with Gasteiger partial charge in [0.1, 0.15) is 18.5 Å². The van der Waals surface area contributed by atoms with Gasteiger partial charge in [0.25, 0.3) is 5.91 Å². The maximum absolute atomic E-state index is 13.4. The van der Waals surface area contributed by atoms with Gasteiger partial charge in [-0.15, -0.1) is 0 Å². The number of carbonyl (C=O) groups is 1. The highest BCUT2D eigenvalue weighted by Gasteiger charge is 2.26. The SMILES string of the molecule is COCCCS(=O)(=O)c1ccc(/C(=N\O[C@@H]2CC[C@@H](O)C2)C(=O)Nc2nc3ccc(OCCN(C)C)cc3s2)cc1. The monoisotopic (exact) mass is 604 g/mol. The zero-order valence-corrected chi connectivity index (χ0v) is 25.0. The van der Waals surface area contributed by atoms with Gasteiger partial charge in [0.2, 0.25) is 0 Å². The number of rotatable bonds is 14. The summed E-state index contributed by atoms with van der Waals surface area (Å²) in [4.78, 5) is 25.8. The predicted molar refractivity (Wildman–Crippen MR) is 159 cm³/mol. The molecule has 4 rings (SSSR count). The summed E-state index contributed by atoms with van der Waals surface area (Å²) in [6.45, 7) is 1.68. The number of hydrogen-bond donors (Lipinski definition) is 2. The standard InChI is InChI=1S/C28H36N4O7S2/c1-32(2)13-15-38-21-9-12-24-25(18-21)40-28(29-24)30-27(34)26(31-39-22-8-7-20(33)17-22)19-5-10-23(11-6-19)41(35,36)16-4-14-37-3/h5-6,9-12,18,20,22,33H,4,7-8,13-17H2,1-3H3,(H,29,30,34)/b31-26+/t20-,22-/m1/s1. The molecule has 1 heterocycles. The quantitative estimate of drug-likeness (QED) is 0.161. The lowest BCUT2D eigenvalue weighted by atomic mass is 10.1. The van der Waals surface area contributed by atoms with Crippen molar-refractivity contribution >= 4 is 48.1 Å². The van der Waals surface area contributed by atoms with Gasteiger partial charge in [-0.3, -0.25) is 10.1 Å². The Morgan fingerprint density at radius 3 is 2.63 bits per heavy atom. The highest BCUT2D eigenvalue weighted by Crippen LogP contribution is 2.30. The molecule has 0 radical (unpaired) electrons. The molecule has 41 heavy (non-hydrogen) atoms. The Hall–Kier alpha value is -3.10. The van der Waals surface area contributed by atoms with E-state index in [2.05, 4.69) is 15.5 Å². The van der Waals surface area contributed by atoms with Crippen LogP contribution < -0.4 is 10.1 Å². The molecule has 0 saturated heterocycles. The molecular formula is C28H36N4O7S2. The van der Waals surface area contributed by atoms with Crippen molar-refractivity contribution in [2.45, 2.75) is 42.8 Å². The smallest absolute Gasteiger partial charge is 0.280 e. The number of hydrogen-bond acceptors (Lipinski definition) is 11. The largest absolute Gasteiger partial charge is 0.492 e. The Morgan fingerprint density at radius 2 is 1.95 bits per heavy atom. The van der Waals surface area contributed by atoms with Gasteiger partial charge in [-0.25, -0.2) is 13.4 Å². The van der Waals surface area contributed by atoms with Crippen LogP contribution in [0.5, 0.6) is 5.75 Å². The lowest BCUT2D eigenvalue weighted by molar-refractivity contribution is -0.110. The maximum Gasteiger partial charge on any atom is 0.280 e. The number of aliphatic hydroxyl groups is 1. The third kappa shape index (κ3) is 8.69. The van der Waals surface area contributed by atoms with Gasteiger partial charge in [0.15, 0.2) is 20.7 Å². The van der Waals surface area contributed by atoms with E-state index in [-0.39, 0.29) is 22.5 Å². The number of oxime groups is 1. The van der Waals surface area contributed by atoms with E-state index < -0.39 is 21.8 Å². The molecule has 1 saturated carbocycles. The van der Waals surface area contributed by atoms with E-state index in [0.29, 0.717) is 60.9 Å². The Balaban J connectivity index is 1.52.